The second-order valence-corrected chi connectivity index (χ2v) is 19.9. The Hall–Kier alpha value is -11.7. The van der Waals surface area contributed by atoms with Crippen molar-refractivity contribution in [3.8, 4) is 64.8 Å². The SMILES string of the molecule is CC(C)n1cc(C#N)c2ccc(O)cc21.CCOc1ccc2c(C#N)cn(CC)c2c1.CCn1cc(C#N)c2ccc(OC)cc21.COc1ccc2c(C#N)cn(-c3ccc(C)c(C)c3)c2c1.N#Cc1c(-n2cccc2)[nH]c2cc([N+](=O)[O-])ccc12. The van der Waals surface area contributed by atoms with E-state index in [2.05, 4.69) is 90.4 Å². The van der Waals surface area contributed by atoms with Crippen LogP contribution in [0.3, 0.4) is 0 Å². The molecule has 0 aliphatic rings. The lowest BCUT2D eigenvalue weighted by atomic mass is 10.1. The van der Waals surface area contributed by atoms with Crippen molar-refractivity contribution < 1.29 is 24.2 Å². The molecule has 0 aliphatic heterocycles. The van der Waals surface area contributed by atoms with E-state index in [1.165, 1.54) is 23.3 Å². The van der Waals surface area contributed by atoms with E-state index in [0.717, 1.165) is 90.8 Å². The lowest BCUT2D eigenvalue weighted by molar-refractivity contribution is -0.384. The molecule has 18 heteroatoms. The Morgan fingerprint density at radius 3 is 1.62 bits per heavy atom. The molecule has 6 heterocycles. The number of phenols is 1. The molecule has 0 saturated heterocycles. The minimum atomic E-state index is -0.457. The molecule has 0 amide bonds. The van der Waals surface area contributed by atoms with Gasteiger partial charge in [0.15, 0.2) is 0 Å². The van der Waals surface area contributed by atoms with Gasteiger partial charge < -0.3 is 47.1 Å². The van der Waals surface area contributed by atoms with Crippen LogP contribution in [0.4, 0.5) is 5.69 Å². The van der Waals surface area contributed by atoms with Gasteiger partial charge in [-0.3, -0.25) is 10.1 Å². The second-order valence-electron chi connectivity index (χ2n) is 19.9. The fourth-order valence-electron chi connectivity index (χ4n) is 9.97. The number of fused-ring (bicyclic) bond motifs is 5. The summed E-state index contributed by atoms with van der Waals surface area (Å²) in [4.78, 5) is 13.3. The molecule has 0 atom stereocenters. The fourth-order valence-corrected chi connectivity index (χ4v) is 9.97. The number of aromatic nitrogens is 6. The number of nitrogens with zero attached hydrogens (tertiary/aromatic N) is 11. The number of hydrogen-bond donors (Lipinski definition) is 2. The van der Waals surface area contributed by atoms with Gasteiger partial charge in [-0.15, -0.1) is 0 Å². The van der Waals surface area contributed by atoms with Gasteiger partial charge in [0.2, 0.25) is 0 Å². The van der Waals surface area contributed by atoms with Crippen LogP contribution in [0.25, 0.3) is 66.0 Å². The first-order chi connectivity index (χ1) is 41.6. The monoisotopic (exact) mass is 1140 g/mol. The van der Waals surface area contributed by atoms with E-state index in [9.17, 15) is 25.7 Å². The predicted molar refractivity (Wildman–Crippen MR) is 334 cm³/mol. The normalized spacial score (nSPS) is 10.5. The molecule has 430 valence electrons. The molecule has 0 bridgehead atoms. The molecule has 0 fully saturated rings. The average Bonchev–Trinajstić information content (AvgIpc) is 2.55. The molecule has 6 aromatic carbocycles. The molecule has 0 aliphatic carbocycles. The number of aryl methyl sites for hydroxylation is 4. The van der Waals surface area contributed by atoms with E-state index >= 15 is 0 Å². The number of aromatic amines is 1. The molecule has 86 heavy (non-hydrogen) atoms. The second kappa shape index (κ2) is 27.0. The van der Waals surface area contributed by atoms with Gasteiger partial charge in [-0.1, -0.05) is 6.07 Å². The van der Waals surface area contributed by atoms with Crippen molar-refractivity contribution in [1.82, 2.24) is 27.8 Å². The lowest BCUT2D eigenvalue weighted by Crippen LogP contribution is -1.97. The van der Waals surface area contributed by atoms with E-state index in [4.69, 9.17) is 30.0 Å². The van der Waals surface area contributed by atoms with Gasteiger partial charge in [0.1, 0.15) is 64.7 Å². The number of benzene rings is 6. The third-order valence-electron chi connectivity index (χ3n) is 14.5. The van der Waals surface area contributed by atoms with E-state index in [1.807, 2.05) is 121 Å². The summed E-state index contributed by atoms with van der Waals surface area (Å²) in [6.45, 7) is 16.7. The number of non-ortho nitro benzene ring substituents is 1. The molecular formula is C68H62N12O6. The zero-order valence-corrected chi connectivity index (χ0v) is 49.1. The number of H-pyrrole nitrogens is 1. The van der Waals surface area contributed by atoms with Crippen LogP contribution in [0.15, 0.2) is 159 Å². The molecule has 18 nitrogen and oxygen atoms in total. The minimum Gasteiger partial charge on any atom is -0.508 e. The number of nitro groups is 1. The van der Waals surface area contributed by atoms with E-state index in [-0.39, 0.29) is 17.5 Å². The molecule has 0 radical (unpaired) electrons. The molecule has 6 aromatic heterocycles. The maximum atomic E-state index is 10.8. The van der Waals surface area contributed by atoms with Gasteiger partial charge in [-0.2, -0.15) is 26.3 Å². The summed E-state index contributed by atoms with van der Waals surface area (Å²) in [7, 11) is 3.29. The Kier molecular flexibility index (Phi) is 18.9. The highest BCUT2D eigenvalue weighted by molar-refractivity contribution is 5.92. The maximum absolute atomic E-state index is 10.8. The van der Waals surface area contributed by atoms with Gasteiger partial charge in [-0.05, 0) is 138 Å². The Bertz CT molecular complexity index is 4670. The van der Waals surface area contributed by atoms with Crippen LogP contribution in [0.5, 0.6) is 23.0 Å². The number of nitrogens with one attached hydrogen (secondary N) is 1. The standard InChI is InChI=1S/C18H16N2O.C13H8N4O2.C13H14N2O.2C12H12N2O/c1-12-4-5-15(8-13(12)2)20-11-14(10-19)17-7-6-16(21-3)9-18(17)20;14-8-11-10-4-3-9(17(18)19)7-12(10)15-13(11)16-5-1-2-6-16;1-3-15-9-10(8-14)12-6-5-11(16-4-2)7-13(12)15;1-8(2)14-7-9(6-13)11-4-3-10(15)5-12(11)14;1-3-14-8-9(7-13)11-5-4-10(15-2)6-12(11)14/h4-9,11H,1-3H3;1-7,15H;5-7,9H,3-4H2,1-2H3;3-5,7-8,15H,1-2H3;4-6,8H,3H2,1-2H3. The van der Waals surface area contributed by atoms with Crippen molar-refractivity contribution in [1.29, 1.82) is 26.3 Å². The van der Waals surface area contributed by atoms with Crippen LogP contribution in [0.1, 0.15) is 79.6 Å². The predicted octanol–water partition coefficient (Wildman–Crippen LogP) is 15.1. The van der Waals surface area contributed by atoms with Gasteiger partial charge in [-0.25, -0.2) is 0 Å². The van der Waals surface area contributed by atoms with Gasteiger partial charge in [0.05, 0.1) is 75.6 Å². The highest BCUT2D eigenvalue weighted by atomic mass is 16.6. The van der Waals surface area contributed by atoms with Crippen LogP contribution in [0, 0.1) is 80.6 Å². The number of phenolic OH excluding ortho intramolecular Hbond substituents is 1. The Balaban J connectivity index is 0.000000141. The fraction of sp³-hybridized carbons (Fsp3) is 0.191. The number of methoxy groups -OCH3 is 2. The number of ether oxygens (including phenoxy) is 3. The highest BCUT2D eigenvalue weighted by Crippen LogP contribution is 2.32. The largest absolute Gasteiger partial charge is 0.508 e. The molecule has 0 unspecified atom stereocenters. The van der Waals surface area contributed by atoms with Crippen molar-refractivity contribution in [2.24, 2.45) is 0 Å². The average molecular weight is 1140 g/mol. The summed E-state index contributed by atoms with van der Waals surface area (Å²) in [5, 5.41) is 70.2. The number of nitriles is 5. The summed E-state index contributed by atoms with van der Waals surface area (Å²) in [5.41, 5.74) is 11.3. The Labute approximate surface area is 497 Å². The molecule has 0 saturated carbocycles. The summed E-state index contributed by atoms with van der Waals surface area (Å²) >= 11 is 0. The highest BCUT2D eigenvalue weighted by Gasteiger charge is 2.17. The van der Waals surface area contributed by atoms with E-state index < -0.39 is 4.92 Å². The van der Waals surface area contributed by atoms with Gasteiger partial charge in [0.25, 0.3) is 5.69 Å². The quantitative estimate of drug-likeness (QED) is 0.0962. The van der Waals surface area contributed by atoms with Crippen molar-refractivity contribution >= 4 is 60.2 Å². The maximum Gasteiger partial charge on any atom is 0.271 e. The molecular weight excluding hydrogens is 1080 g/mol. The number of nitro benzene ring substituents is 1. The minimum absolute atomic E-state index is 0.00250. The van der Waals surface area contributed by atoms with E-state index in [0.29, 0.717) is 40.0 Å². The third-order valence-corrected chi connectivity index (χ3v) is 14.5. The number of hydrogen-bond acceptors (Lipinski definition) is 11. The van der Waals surface area contributed by atoms with Crippen LogP contribution in [-0.2, 0) is 13.1 Å². The van der Waals surface area contributed by atoms with E-state index in [1.54, 1.807) is 55.4 Å². The lowest BCUT2D eigenvalue weighted by Gasteiger charge is -2.09. The van der Waals surface area contributed by atoms with Crippen LogP contribution < -0.4 is 14.2 Å². The molecule has 12 rings (SSSR count). The smallest absolute Gasteiger partial charge is 0.271 e. The summed E-state index contributed by atoms with van der Waals surface area (Å²) in [6.07, 6.45) is 11.1. The summed E-state index contributed by atoms with van der Waals surface area (Å²) < 4.78 is 25.9. The Morgan fingerprint density at radius 2 is 1.09 bits per heavy atom. The summed E-state index contributed by atoms with van der Waals surface area (Å²) in [6, 6.07) is 48.1. The van der Waals surface area contributed by atoms with Gasteiger partial charge in [0, 0.05) is 125 Å². The first-order valence-electron chi connectivity index (χ1n) is 27.5. The van der Waals surface area contributed by atoms with Crippen molar-refractivity contribution in [2.75, 3.05) is 20.8 Å². The first-order valence-corrected chi connectivity index (χ1v) is 27.5. The topological polar surface area (TPSA) is 250 Å². The van der Waals surface area contributed by atoms with Crippen LogP contribution in [-0.4, -0.2) is 58.7 Å². The van der Waals surface area contributed by atoms with Crippen molar-refractivity contribution in [2.45, 2.75) is 67.6 Å². The summed E-state index contributed by atoms with van der Waals surface area (Å²) in [5.74, 6) is 3.30. The Morgan fingerprint density at radius 1 is 0.581 bits per heavy atom. The van der Waals surface area contributed by atoms with Crippen LogP contribution in [0.2, 0.25) is 0 Å². The molecule has 12 aromatic rings. The number of rotatable bonds is 10. The third kappa shape index (κ3) is 12.7. The van der Waals surface area contributed by atoms with Crippen molar-refractivity contribution in [3.63, 3.8) is 0 Å². The molecule has 2 N–H and O–H groups in total. The van der Waals surface area contributed by atoms with Gasteiger partial charge >= 0.3 is 0 Å². The number of aromatic hydroxyl groups is 1. The zero-order valence-electron chi connectivity index (χ0n) is 49.1. The van der Waals surface area contributed by atoms with Crippen LogP contribution >= 0.6 is 0 Å². The zero-order chi connectivity index (χ0) is 61.8. The first kappa shape index (κ1) is 60.4. The molecule has 0 spiro atoms. The van der Waals surface area contributed by atoms with Crippen molar-refractivity contribution in [3.05, 3.63) is 208 Å².